The monoisotopic (exact) mass is 330 g/mol. The van der Waals surface area contributed by atoms with Crippen molar-refractivity contribution in [3.8, 4) is 0 Å². The molecule has 0 spiro atoms. The molecule has 4 nitrogen and oxygen atoms in total. The summed E-state index contributed by atoms with van der Waals surface area (Å²) in [5, 5.41) is 4.87. The molecule has 1 N–H and O–H groups in total. The number of nitrogens with one attached hydrogen (secondary N) is 1. The Morgan fingerprint density at radius 3 is 2.86 bits per heavy atom. The van der Waals surface area contributed by atoms with Gasteiger partial charge in [0.15, 0.2) is 0 Å². The molecule has 1 aromatic heterocycles. The number of carbonyl (C=O) groups is 1. The van der Waals surface area contributed by atoms with Gasteiger partial charge in [-0.25, -0.2) is 4.98 Å². The van der Waals surface area contributed by atoms with E-state index in [1.165, 1.54) is 7.11 Å². The molecule has 0 fully saturated rings. The van der Waals surface area contributed by atoms with Crippen LogP contribution in [0.1, 0.15) is 33.1 Å². The number of pyridine rings is 1. The molecule has 0 radical (unpaired) electrons. The van der Waals surface area contributed by atoms with Crippen molar-refractivity contribution in [2.75, 3.05) is 19.4 Å². The highest BCUT2D eigenvalue weighted by Crippen LogP contribution is 2.21. The van der Waals surface area contributed by atoms with E-state index >= 15 is 0 Å². The summed E-state index contributed by atoms with van der Waals surface area (Å²) in [6.07, 6.45) is 4.26. The van der Waals surface area contributed by atoms with E-state index in [1.54, 1.807) is 18.0 Å². The minimum absolute atomic E-state index is 0.203. The van der Waals surface area contributed by atoms with Gasteiger partial charge in [0.25, 0.3) is 0 Å². The van der Waals surface area contributed by atoms with Gasteiger partial charge in [-0.05, 0) is 50.6 Å². The van der Waals surface area contributed by atoms with Gasteiger partial charge in [-0.3, -0.25) is 4.79 Å². The van der Waals surface area contributed by atoms with Crippen LogP contribution in [0.15, 0.2) is 23.4 Å². The van der Waals surface area contributed by atoms with Crippen molar-refractivity contribution in [3.05, 3.63) is 23.4 Å². The van der Waals surface area contributed by atoms with Gasteiger partial charge in [0.1, 0.15) is 5.54 Å². The summed E-state index contributed by atoms with van der Waals surface area (Å²) in [6, 6.07) is 3.74. The van der Waals surface area contributed by atoms with Crippen LogP contribution >= 0.6 is 23.4 Å². The van der Waals surface area contributed by atoms with Crippen LogP contribution < -0.4 is 5.32 Å². The highest BCUT2D eigenvalue weighted by Gasteiger charge is 2.32. The molecule has 1 atom stereocenters. The van der Waals surface area contributed by atoms with Gasteiger partial charge < -0.3 is 10.1 Å². The first kappa shape index (κ1) is 18.3. The van der Waals surface area contributed by atoms with Crippen LogP contribution in [-0.2, 0) is 9.53 Å². The lowest BCUT2D eigenvalue weighted by atomic mass is 9.96. The molecule has 0 saturated heterocycles. The van der Waals surface area contributed by atoms with Crippen LogP contribution in [-0.4, -0.2) is 35.9 Å². The number of halogens is 1. The molecule has 118 valence electrons. The summed E-state index contributed by atoms with van der Waals surface area (Å²) in [7, 11) is 1.43. The molecule has 6 heteroatoms. The average molecular weight is 331 g/mol. The number of nitrogens with zero attached hydrogens (tertiary/aromatic N) is 1. The van der Waals surface area contributed by atoms with E-state index < -0.39 is 5.54 Å². The van der Waals surface area contributed by atoms with Crippen molar-refractivity contribution < 1.29 is 9.53 Å². The number of hydrogen-bond acceptors (Lipinski definition) is 5. The minimum atomic E-state index is -0.612. The number of rotatable bonds is 9. The fraction of sp³-hybridized carbons (Fsp3) is 0.600. The number of aromatic nitrogens is 1. The van der Waals surface area contributed by atoms with Gasteiger partial charge in [-0.1, -0.05) is 18.5 Å². The Balaban J connectivity index is 2.42. The van der Waals surface area contributed by atoms with Crippen LogP contribution in [0.4, 0.5) is 0 Å². The summed E-state index contributed by atoms with van der Waals surface area (Å²) in [4.78, 5) is 16.2. The average Bonchev–Trinajstić information content (AvgIpc) is 2.50. The standard InChI is InChI=1S/C15H23ClN2O2S/c1-4-9-18-15(2,14(19)20-3)8-5-10-21-13-7-6-12(16)11-17-13/h6-7,11,18H,4-5,8-10H2,1-3H3. The van der Waals surface area contributed by atoms with E-state index in [0.29, 0.717) is 5.02 Å². The van der Waals surface area contributed by atoms with Crippen LogP contribution in [0, 0.1) is 0 Å². The topological polar surface area (TPSA) is 51.2 Å². The Hall–Kier alpha value is -0.780. The third-order valence-corrected chi connectivity index (χ3v) is 4.43. The lowest BCUT2D eigenvalue weighted by Gasteiger charge is -2.27. The second kappa shape index (κ2) is 9.28. The van der Waals surface area contributed by atoms with Gasteiger partial charge in [0.05, 0.1) is 17.2 Å². The van der Waals surface area contributed by atoms with Crippen molar-refractivity contribution in [2.24, 2.45) is 0 Å². The Morgan fingerprint density at radius 2 is 2.29 bits per heavy atom. The first-order valence-corrected chi connectivity index (χ1v) is 8.46. The fourth-order valence-electron chi connectivity index (χ4n) is 1.94. The minimum Gasteiger partial charge on any atom is -0.468 e. The first-order chi connectivity index (χ1) is 10.0. The Labute approximate surface area is 136 Å². The quantitative estimate of drug-likeness (QED) is 0.426. The first-order valence-electron chi connectivity index (χ1n) is 7.09. The molecule has 1 heterocycles. The van der Waals surface area contributed by atoms with Crippen LogP contribution in [0.5, 0.6) is 0 Å². The highest BCUT2D eigenvalue weighted by molar-refractivity contribution is 7.99. The number of thioether (sulfide) groups is 1. The molecular weight excluding hydrogens is 308 g/mol. The van der Waals surface area contributed by atoms with Gasteiger partial charge in [-0.15, -0.1) is 11.8 Å². The van der Waals surface area contributed by atoms with Crippen molar-refractivity contribution in [2.45, 2.75) is 43.7 Å². The summed E-state index contributed by atoms with van der Waals surface area (Å²) < 4.78 is 4.91. The molecule has 0 aliphatic carbocycles. The van der Waals surface area contributed by atoms with E-state index in [9.17, 15) is 4.79 Å². The molecule has 1 rings (SSSR count). The molecule has 0 aliphatic heterocycles. The van der Waals surface area contributed by atoms with E-state index in [-0.39, 0.29) is 5.97 Å². The lowest BCUT2D eigenvalue weighted by Crippen LogP contribution is -2.50. The lowest BCUT2D eigenvalue weighted by molar-refractivity contribution is -0.148. The molecule has 0 amide bonds. The van der Waals surface area contributed by atoms with E-state index in [0.717, 1.165) is 36.6 Å². The maximum atomic E-state index is 11.9. The second-order valence-corrected chi connectivity index (χ2v) is 6.57. The molecule has 21 heavy (non-hydrogen) atoms. The van der Waals surface area contributed by atoms with Crippen molar-refractivity contribution in [3.63, 3.8) is 0 Å². The molecular formula is C15H23ClN2O2S. The number of hydrogen-bond donors (Lipinski definition) is 1. The zero-order chi connectivity index (χ0) is 15.7. The highest BCUT2D eigenvalue weighted by atomic mass is 35.5. The maximum Gasteiger partial charge on any atom is 0.325 e. The zero-order valence-electron chi connectivity index (χ0n) is 12.8. The Kier molecular flexibility index (Phi) is 8.07. The smallest absolute Gasteiger partial charge is 0.325 e. The van der Waals surface area contributed by atoms with Crippen molar-refractivity contribution in [1.29, 1.82) is 0 Å². The second-order valence-electron chi connectivity index (χ2n) is 5.02. The summed E-state index contributed by atoms with van der Waals surface area (Å²) in [6.45, 7) is 4.78. The van der Waals surface area contributed by atoms with Gasteiger partial charge >= 0.3 is 5.97 Å². The normalized spacial score (nSPS) is 13.7. The maximum absolute atomic E-state index is 11.9. The predicted molar refractivity (Wildman–Crippen MR) is 87.9 cm³/mol. The largest absolute Gasteiger partial charge is 0.468 e. The van der Waals surface area contributed by atoms with Gasteiger partial charge in [0.2, 0.25) is 0 Å². The van der Waals surface area contributed by atoms with Crippen LogP contribution in [0.2, 0.25) is 5.02 Å². The number of esters is 1. The van der Waals surface area contributed by atoms with E-state index in [2.05, 4.69) is 17.2 Å². The zero-order valence-corrected chi connectivity index (χ0v) is 14.4. The third kappa shape index (κ3) is 6.24. The Morgan fingerprint density at radius 1 is 1.52 bits per heavy atom. The van der Waals surface area contributed by atoms with Crippen LogP contribution in [0.25, 0.3) is 0 Å². The predicted octanol–water partition coefficient (Wildman–Crippen LogP) is 3.54. The summed E-state index contributed by atoms with van der Waals surface area (Å²) in [5.74, 6) is 0.695. The molecule has 0 saturated carbocycles. The molecule has 0 aromatic carbocycles. The van der Waals surface area contributed by atoms with Crippen LogP contribution in [0.3, 0.4) is 0 Å². The molecule has 1 unspecified atom stereocenters. The van der Waals surface area contributed by atoms with Gasteiger partial charge in [-0.2, -0.15) is 0 Å². The summed E-state index contributed by atoms with van der Waals surface area (Å²) >= 11 is 7.46. The SMILES string of the molecule is CCCNC(C)(CCCSc1ccc(Cl)cn1)C(=O)OC. The number of carbonyl (C=O) groups excluding carboxylic acids is 1. The van der Waals surface area contributed by atoms with E-state index in [4.69, 9.17) is 16.3 Å². The van der Waals surface area contributed by atoms with E-state index in [1.807, 2.05) is 19.1 Å². The molecule has 0 aliphatic rings. The Bertz CT molecular complexity index is 442. The number of methoxy groups -OCH3 is 1. The molecule has 0 bridgehead atoms. The van der Waals surface area contributed by atoms with Gasteiger partial charge in [0, 0.05) is 6.20 Å². The third-order valence-electron chi connectivity index (χ3n) is 3.17. The summed E-state index contributed by atoms with van der Waals surface area (Å²) in [5.41, 5.74) is -0.612. The fourth-order valence-corrected chi connectivity index (χ4v) is 2.84. The van der Waals surface area contributed by atoms with Crippen molar-refractivity contribution >= 4 is 29.3 Å². The van der Waals surface area contributed by atoms with Crippen molar-refractivity contribution in [1.82, 2.24) is 10.3 Å². The number of ether oxygens (including phenoxy) is 1. The molecule has 1 aromatic rings.